The van der Waals surface area contributed by atoms with Crippen LogP contribution < -0.4 is 5.73 Å². The fourth-order valence-electron chi connectivity index (χ4n) is 1.92. The van der Waals surface area contributed by atoms with Crippen molar-refractivity contribution >= 4 is 15.7 Å². The van der Waals surface area contributed by atoms with E-state index in [0.717, 1.165) is 6.07 Å². The van der Waals surface area contributed by atoms with Crippen molar-refractivity contribution in [2.75, 3.05) is 26.0 Å². The first-order chi connectivity index (χ1) is 9.75. The molecule has 0 amide bonds. The van der Waals surface area contributed by atoms with Crippen LogP contribution in [0.15, 0.2) is 17.0 Å². The molecule has 5 nitrogen and oxygen atoms in total. The van der Waals surface area contributed by atoms with E-state index in [0.29, 0.717) is 6.42 Å². The van der Waals surface area contributed by atoms with Crippen LogP contribution in [-0.4, -0.2) is 39.0 Å². The zero-order valence-electron chi connectivity index (χ0n) is 12.9. The van der Waals surface area contributed by atoms with E-state index < -0.39 is 15.8 Å². The molecule has 0 aliphatic rings. The number of anilines is 1. The van der Waals surface area contributed by atoms with E-state index >= 15 is 0 Å². The average Bonchev–Trinajstić information content (AvgIpc) is 2.43. The van der Waals surface area contributed by atoms with E-state index in [1.54, 1.807) is 6.92 Å². The van der Waals surface area contributed by atoms with Crippen LogP contribution in [0.2, 0.25) is 0 Å². The molecular formula is C14H23FN2O3S. The van der Waals surface area contributed by atoms with Gasteiger partial charge in [-0.3, -0.25) is 0 Å². The lowest BCUT2D eigenvalue weighted by Crippen LogP contribution is -2.40. The second kappa shape index (κ2) is 7.20. The Balaban J connectivity index is 3.28. The Hall–Kier alpha value is -1.18. The SMILES string of the molecule is CCC(C)N(CCOC)S(=O)(=O)c1cc(N)c(C)c(F)c1. The van der Waals surface area contributed by atoms with Crippen LogP contribution in [0.5, 0.6) is 0 Å². The van der Waals surface area contributed by atoms with Gasteiger partial charge in [0.2, 0.25) is 10.0 Å². The van der Waals surface area contributed by atoms with E-state index in [9.17, 15) is 12.8 Å². The third kappa shape index (κ3) is 3.93. The fourth-order valence-corrected chi connectivity index (χ4v) is 3.66. The lowest BCUT2D eigenvalue weighted by molar-refractivity contribution is 0.167. The Morgan fingerprint density at radius 1 is 1.43 bits per heavy atom. The molecular weight excluding hydrogens is 295 g/mol. The second-order valence-electron chi connectivity index (χ2n) is 4.99. The monoisotopic (exact) mass is 318 g/mol. The highest BCUT2D eigenvalue weighted by molar-refractivity contribution is 7.89. The number of nitrogens with zero attached hydrogens (tertiary/aromatic N) is 1. The predicted octanol–water partition coefficient (Wildman–Crippen LogP) is 2.15. The number of methoxy groups -OCH3 is 1. The van der Waals surface area contributed by atoms with Crippen molar-refractivity contribution in [3.8, 4) is 0 Å². The highest BCUT2D eigenvalue weighted by atomic mass is 32.2. The molecule has 120 valence electrons. The molecule has 0 aromatic heterocycles. The van der Waals surface area contributed by atoms with Gasteiger partial charge in [0.05, 0.1) is 11.5 Å². The number of hydrogen-bond donors (Lipinski definition) is 1. The zero-order valence-corrected chi connectivity index (χ0v) is 13.7. The molecule has 0 aliphatic heterocycles. The zero-order chi connectivity index (χ0) is 16.2. The normalized spacial score (nSPS) is 13.6. The van der Waals surface area contributed by atoms with Gasteiger partial charge >= 0.3 is 0 Å². The molecule has 1 unspecified atom stereocenters. The second-order valence-corrected chi connectivity index (χ2v) is 6.88. The first-order valence-electron chi connectivity index (χ1n) is 6.82. The summed E-state index contributed by atoms with van der Waals surface area (Å²) in [7, 11) is -2.31. The van der Waals surface area contributed by atoms with Gasteiger partial charge in [-0.1, -0.05) is 6.92 Å². The van der Waals surface area contributed by atoms with Gasteiger partial charge in [0.15, 0.2) is 0 Å². The molecule has 2 N–H and O–H groups in total. The molecule has 0 bridgehead atoms. The largest absolute Gasteiger partial charge is 0.398 e. The molecule has 21 heavy (non-hydrogen) atoms. The Labute approximate surface area is 125 Å². The highest BCUT2D eigenvalue weighted by Crippen LogP contribution is 2.25. The Morgan fingerprint density at radius 3 is 2.52 bits per heavy atom. The first-order valence-corrected chi connectivity index (χ1v) is 8.26. The molecule has 0 spiro atoms. The van der Waals surface area contributed by atoms with Gasteiger partial charge in [0.1, 0.15) is 5.82 Å². The molecule has 7 heteroatoms. The van der Waals surface area contributed by atoms with Crippen molar-refractivity contribution in [2.45, 2.75) is 38.1 Å². The van der Waals surface area contributed by atoms with Gasteiger partial charge in [-0.25, -0.2) is 12.8 Å². The fraction of sp³-hybridized carbons (Fsp3) is 0.571. The smallest absolute Gasteiger partial charge is 0.243 e. The predicted molar refractivity (Wildman–Crippen MR) is 81.1 cm³/mol. The summed E-state index contributed by atoms with van der Waals surface area (Å²) >= 11 is 0. The van der Waals surface area contributed by atoms with E-state index in [1.165, 1.54) is 24.4 Å². The third-order valence-corrected chi connectivity index (χ3v) is 5.55. The van der Waals surface area contributed by atoms with E-state index in [-0.39, 0.29) is 35.3 Å². The molecule has 0 saturated heterocycles. The number of ether oxygens (including phenoxy) is 1. The number of nitrogens with two attached hydrogens (primary N) is 1. The van der Waals surface area contributed by atoms with Crippen LogP contribution in [-0.2, 0) is 14.8 Å². The summed E-state index contributed by atoms with van der Waals surface area (Å²) in [5.41, 5.74) is 6.06. The quantitative estimate of drug-likeness (QED) is 0.782. The van der Waals surface area contributed by atoms with E-state index in [4.69, 9.17) is 10.5 Å². The summed E-state index contributed by atoms with van der Waals surface area (Å²) in [5.74, 6) is -0.621. The van der Waals surface area contributed by atoms with Crippen molar-refractivity contribution in [3.05, 3.63) is 23.5 Å². The lowest BCUT2D eigenvalue weighted by atomic mass is 10.2. The number of nitrogen functional groups attached to an aromatic ring is 1. The summed E-state index contributed by atoms with van der Waals surface area (Å²) in [6.07, 6.45) is 0.646. The lowest BCUT2D eigenvalue weighted by Gasteiger charge is -2.27. The Bertz CT molecular complexity index is 567. The molecule has 0 radical (unpaired) electrons. The maximum atomic E-state index is 13.8. The molecule has 0 aliphatic carbocycles. The van der Waals surface area contributed by atoms with E-state index in [2.05, 4.69) is 0 Å². The summed E-state index contributed by atoms with van der Waals surface area (Å²) in [5, 5.41) is 0. The van der Waals surface area contributed by atoms with Crippen LogP contribution >= 0.6 is 0 Å². The molecule has 1 rings (SSSR count). The van der Waals surface area contributed by atoms with Crippen molar-refractivity contribution in [2.24, 2.45) is 0 Å². The molecule has 0 saturated carbocycles. The Morgan fingerprint density at radius 2 is 2.05 bits per heavy atom. The maximum absolute atomic E-state index is 13.8. The summed E-state index contributed by atoms with van der Waals surface area (Å²) in [6, 6.07) is 2.11. The summed E-state index contributed by atoms with van der Waals surface area (Å²) in [4.78, 5) is -0.125. The first kappa shape index (κ1) is 17.9. The Kier molecular flexibility index (Phi) is 6.12. The highest BCUT2D eigenvalue weighted by Gasteiger charge is 2.29. The molecule has 1 aromatic carbocycles. The number of hydrogen-bond acceptors (Lipinski definition) is 4. The number of halogens is 1. The van der Waals surface area contributed by atoms with Crippen LogP contribution in [0.1, 0.15) is 25.8 Å². The van der Waals surface area contributed by atoms with Crippen LogP contribution in [0, 0.1) is 12.7 Å². The van der Waals surface area contributed by atoms with Gasteiger partial charge in [0.25, 0.3) is 0 Å². The van der Waals surface area contributed by atoms with Crippen molar-refractivity contribution in [1.29, 1.82) is 0 Å². The van der Waals surface area contributed by atoms with Gasteiger partial charge in [0, 0.05) is 30.9 Å². The molecule has 0 fully saturated rings. The minimum absolute atomic E-state index is 0.125. The minimum Gasteiger partial charge on any atom is -0.398 e. The van der Waals surface area contributed by atoms with Gasteiger partial charge in [-0.2, -0.15) is 4.31 Å². The standard InChI is InChI=1S/C14H23FN2O3S/c1-5-10(2)17(6-7-20-4)21(18,19)12-8-13(15)11(3)14(16)9-12/h8-10H,5-7,16H2,1-4H3. The van der Waals surface area contributed by atoms with Crippen molar-refractivity contribution in [1.82, 2.24) is 4.31 Å². The van der Waals surface area contributed by atoms with Crippen molar-refractivity contribution in [3.63, 3.8) is 0 Å². The van der Waals surface area contributed by atoms with Crippen LogP contribution in [0.25, 0.3) is 0 Å². The number of benzene rings is 1. The average molecular weight is 318 g/mol. The minimum atomic E-state index is -3.81. The summed E-state index contributed by atoms with van der Waals surface area (Å²) in [6.45, 7) is 5.69. The van der Waals surface area contributed by atoms with Gasteiger partial charge < -0.3 is 10.5 Å². The number of sulfonamides is 1. The van der Waals surface area contributed by atoms with Gasteiger partial charge in [-0.15, -0.1) is 0 Å². The maximum Gasteiger partial charge on any atom is 0.243 e. The molecule has 1 atom stereocenters. The topological polar surface area (TPSA) is 72.6 Å². The van der Waals surface area contributed by atoms with E-state index in [1.807, 2.05) is 6.92 Å². The third-order valence-electron chi connectivity index (χ3n) is 3.56. The summed E-state index contributed by atoms with van der Waals surface area (Å²) < 4.78 is 45.5. The molecule has 1 aromatic rings. The number of rotatable bonds is 7. The van der Waals surface area contributed by atoms with Gasteiger partial charge in [-0.05, 0) is 32.4 Å². The molecule has 0 heterocycles. The van der Waals surface area contributed by atoms with Crippen molar-refractivity contribution < 1.29 is 17.5 Å². The van der Waals surface area contributed by atoms with Crippen LogP contribution in [0.4, 0.5) is 10.1 Å². The van der Waals surface area contributed by atoms with Crippen LogP contribution in [0.3, 0.4) is 0 Å².